The summed E-state index contributed by atoms with van der Waals surface area (Å²) in [5.74, 6) is 0.365. The number of aryl methyl sites for hydroxylation is 1. The average Bonchev–Trinajstić information content (AvgIpc) is 2.82. The highest BCUT2D eigenvalue weighted by Crippen LogP contribution is 2.35. The van der Waals surface area contributed by atoms with Gasteiger partial charge in [-0.15, -0.1) is 0 Å². The molecule has 0 spiro atoms. The number of carbonyl (C=O) groups is 1. The molecule has 0 amide bonds. The highest BCUT2D eigenvalue weighted by atomic mass is 16.3. The van der Waals surface area contributed by atoms with Crippen molar-refractivity contribution in [1.82, 2.24) is 4.57 Å². The molecule has 0 fully saturated rings. The van der Waals surface area contributed by atoms with E-state index < -0.39 is 0 Å². The second-order valence-corrected chi connectivity index (χ2v) is 5.28. The van der Waals surface area contributed by atoms with Crippen LogP contribution in [0.25, 0.3) is 22.2 Å². The number of aromatic nitrogens is 1. The Morgan fingerprint density at radius 2 is 1.73 bits per heavy atom. The minimum absolute atomic E-state index is 0.178. The van der Waals surface area contributed by atoms with Gasteiger partial charge < -0.3 is 14.8 Å². The zero-order valence-electron chi connectivity index (χ0n) is 12.3. The van der Waals surface area contributed by atoms with Crippen molar-refractivity contribution < 1.29 is 15.0 Å². The maximum atomic E-state index is 11.7. The van der Waals surface area contributed by atoms with Gasteiger partial charge in [-0.2, -0.15) is 0 Å². The van der Waals surface area contributed by atoms with Gasteiger partial charge in [-0.05, 0) is 48.4 Å². The zero-order valence-corrected chi connectivity index (χ0v) is 12.3. The third-order valence-corrected chi connectivity index (χ3v) is 3.79. The number of phenolic OH excluding ortho intramolecular Hbond substituents is 2. The van der Waals surface area contributed by atoms with E-state index in [-0.39, 0.29) is 11.5 Å². The Morgan fingerprint density at radius 3 is 2.36 bits per heavy atom. The van der Waals surface area contributed by atoms with Gasteiger partial charge in [0, 0.05) is 23.6 Å². The van der Waals surface area contributed by atoms with E-state index in [4.69, 9.17) is 0 Å². The minimum Gasteiger partial charge on any atom is -0.508 e. The van der Waals surface area contributed by atoms with E-state index in [2.05, 4.69) is 6.92 Å². The van der Waals surface area contributed by atoms with Gasteiger partial charge in [0.1, 0.15) is 11.5 Å². The molecular weight excluding hydrogens is 278 g/mol. The van der Waals surface area contributed by atoms with E-state index in [0.29, 0.717) is 5.56 Å². The first kappa shape index (κ1) is 14.2. The third-order valence-electron chi connectivity index (χ3n) is 3.79. The van der Waals surface area contributed by atoms with Crippen LogP contribution in [-0.4, -0.2) is 21.1 Å². The van der Waals surface area contributed by atoms with E-state index in [1.54, 1.807) is 42.5 Å². The van der Waals surface area contributed by atoms with Crippen molar-refractivity contribution in [3.8, 4) is 22.8 Å². The van der Waals surface area contributed by atoms with Crippen molar-refractivity contribution in [1.29, 1.82) is 0 Å². The molecule has 3 rings (SSSR count). The summed E-state index contributed by atoms with van der Waals surface area (Å²) in [4.78, 5) is 11.7. The Balaban J connectivity index is 2.37. The maximum Gasteiger partial charge on any atom is 0.152 e. The van der Waals surface area contributed by atoms with Crippen molar-refractivity contribution in [2.24, 2.45) is 0 Å². The Bertz CT molecular complexity index is 832. The molecule has 0 aliphatic heterocycles. The van der Waals surface area contributed by atoms with Gasteiger partial charge in [-0.25, -0.2) is 0 Å². The quantitative estimate of drug-likeness (QED) is 0.717. The molecule has 1 aromatic heterocycles. The predicted molar refractivity (Wildman–Crippen MR) is 86.4 cm³/mol. The second kappa shape index (κ2) is 5.56. The summed E-state index contributed by atoms with van der Waals surface area (Å²) in [5, 5.41) is 20.1. The van der Waals surface area contributed by atoms with Crippen LogP contribution in [0.1, 0.15) is 23.7 Å². The van der Waals surface area contributed by atoms with Gasteiger partial charge in [0.15, 0.2) is 6.29 Å². The van der Waals surface area contributed by atoms with Crippen molar-refractivity contribution in [3.63, 3.8) is 0 Å². The number of carbonyl (C=O) groups excluding carboxylic acids is 1. The minimum atomic E-state index is 0.178. The molecule has 1 heterocycles. The monoisotopic (exact) mass is 295 g/mol. The summed E-state index contributed by atoms with van der Waals surface area (Å²) in [7, 11) is 0. The molecule has 4 nitrogen and oxygen atoms in total. The topological polar surface area (TPSA) is 62.5 Å². The van der Waals surface area contributed by atoms with Gasteiger partial charge >= 0.3 is 0 Å². The smallest absolute Gasteiger partial charge is 0.152 e. The van der Waals surface area contributed by atoms with Crippen LogP contribution in [0.15, 0.2) is 42.5 Å². The van der Waals surface area contributed by atoms with Crippen LogP contribution in [0.5, 0.6) is 11.5 Å². The van der Waals surface area contributed by atoms with Crippen LogP contribution in [0.4, 0.5) is 0 Å². The number of phenols is 2. The van der Waals surface area contributed by atoms with E-state index in [0.717, 1.165) is 41.4 Å². The van der Waals surface area contributed by atoms with E-state index in [1.807, 2.05) is 4.57 Å². The highest BCUT2D eigenvalue weighted by molar-refractivity contribution is 6.05. The molecule has 112 valence electrons. The van der Waals surface area contributed by atoms with Crippen molar-refractivity contribution in [3.05, 3.63) is 48.0 Å². The molecule has 0 bridgehead atoms. The highest BCUT2D eigenvalue weighted by Gasteiger charge is 2.18. The molecule has 0 atom stereocenters. The number of nitrogens with zero attached hydrogens (tertiary/aromatic N) is 1. The van der Waals surface area contributed by atoms with Gasteiger partial charge in [0.05, 0.1) is 11.2 Å². The molecule has 4 heteroatoms. The van der Waals surface area contributed by atoms with Crippen LogP contribution in [0, 0.1) is 0 Å². The van der Waals surface area contributed by atoms with Crippen LogP contribution < -0.4 is 0 Å². The summed E-state index contributed by atoms with van der Waals surface area (Å²) in [6, 6.07) is 11.8. The number of aromatic hydroxyl groups is 2. The van der Waals surface area contributed by atoms with Crippen LogP contribution >= 0.6 is 0 Å². The van der Waals surface area contributed by atoms with Crippen LogP contribution in [0.3, 0.4) is 0 Å². The molecular formula is C18H17NO3. The molecule has 2 aromatic carbocycles. The van der Waals surface area contributed by atoms with Gasteiger partial charge in [-0.3, -0.25) is 4.79 Å². The van der Waals surface area contributed by atoms with E-state index in [1.165, 1.54) is 0 Å². The summed E-state index contributed by atoms with van der Waals surface area (Å²) < 4.78 is 2.05. The number of benzene rings is 2. The zero-order chi connectivity index (χ0) is 15.7. The average molecular weight is 295 g/mol. The van der Waals surface area contributed by atoms with Gasteiger partial charge in [0.2, 0.25) is 0 Å². The Morgan fingerprint density at radius 1 is 1.05 bits per heavy atom. The Hall–Kier alpha value is -2.75. The van der Waals surface area contributed by atoms with E-state index >= 15 is 0 Å². The molecule has 22 heavy (non-hydrogen) atoms. The first-order chi connectivity index (χ1) is 10.7. The second-order valence-electron chi connectivity index (χ2n) is 5.28. The Kier molecular flexibility index (Phi) is 3.59. The summed E-state index contributed by atoms with van der Waals surface area (Å²) in [6.07, 6.45) is 1.76. The lowest BCUT2D eigenvalue weighted by Crippen LogP contribution is -2.00. The largest absolute Gasteiger partial charge is 0.508 e. The lowest BCUT2D eigenvalue weighted by molar-refractivity contribution is 0.112. The molecule has 2 N–H and O–H groups in total. The van der Waals surface area contributed by atoms with Crippen molar-refractivity contribution >= 4 is 17.2 Å². The van der Waals surface area contributed by atoms with Gasteiger partial charge in [-0.1, -0.05) is 6.92 Å². The number of aldehydes is 1. The fourth-order valence-corrected chi connectivity index (χ4v) is 2.87. The normalized spacial score (nSPS) is 11.0. The first-order valence-corrected chi connectivity index (χ1v) is 7.25. The molecule has 3 aromatic rings. The number of fused-ring (bicyclic) bond motifs is 1. The number of hydrogen-bond acceptors (Lipinski definition) is 3. The summed E-state index contributed by atoms with van der Waals surface area (Å²) in [6.45, 7) is 2.81. The standard InChI is InChI=1S/C18H17NO3/c1-2-9-19-17-10-14(22)7-8-15(17)16(11-20)18(19)12-3-5-13(21)6-4-12/h3-8,10-11,21-22H,2,9H2,1H3. The summed E-state index contributed by atoms with van der Waals surface area (Å²) >= 11 is 0. The SMILES string of the molecule is CCCn1c(-c2ccc(O)cc2)c(C=O)c2ccc(O)cc21. The summed E-state index contributed by atoms with van der Waals surface area (Å²) in [5.41, 5.74) is 3.13. The molecule has 0 saturated heterocycles. The number of hydrogen-bond donors (Lipinski definition) is 2. The molecule has 0 unspecified atom stereocenters. The third kappa shape index (κ3) is 2.22. The van der Waals surface area contributed by atoms with Crippen molar-refractivity contribution in [2.45, 2.75) is 19.9 Å². The molecule has 0 aliphatic rings. The predicted octanol–water partition coefficient (Wildman–Crippen LogP) is 3.94. The Labute approximate surface area is 128 Å². The van der Waals surface area contributed by atoms with Crippen molar-refractivity contribution in [2.75, 3.05) is 0 Å². The fraction of sp³-hybridized carbons (Fsp3) is 0.167. The molecule has 0 saturated carbocycles. The van der Waals surface area contributed by atoms with Crippen LogP contribution in [-0.2, 0) is 6.54 Å². The molecule has 0 radical (unpaired) electrons. The lowest BCUT2D eigenvalue weighted by Gasteiger charge is -2.10. The molecule has 0 aliphatic carbocycles. The van der Waals surface area contributed by atoms with Crippen LogP contribution in [0.2, 0.25) is 0 Å². The lowest BCUT2D eigenvalue weighted by atomic mass is 10.1. The first-order valence-electron chi connectivity index (χ1n) is 7.25. The fourth-order valence-electron chi connectivity index (χ4n) is 2.87. The van der Waals surface area contributed by atoms with Gasteiger partial charge in [0.25, 0.3) is 0 Å². The number of rotatable bonds is 4. The van der Waals surface area contributed by atoms with E-state index in [9.17, 15) is 15.0 Å². The maximum absolute atomic E-state index is 11.7.